The monoisotopic (exact) mass is 449 g/mol. The molecule has 6 nitrogen and oxygen atoms in total. The molecule has 158 valence electrons. The smallest absolute Gasteiger partial charge is 0.200 e. The van der Waals surface area contributed by atoms with Gasteiger partial charge in [0.2, 0.25) is 6.23 Å². The molecule has 3 N–H and O–H groups in total. The zero-order valence-corrected chi connectivity index (χ0v) is 17.9. The van der Waals surface area contributed by atoms with Gasteiger partial charge in [0.1, 0.15) is 5.82 Å². The van der Waals surface area contributed by atoms with Crippen LogP contribution in [0.1, 0.15) is 30.2 Å². The Morgan fingerprint density at radius 1 is 1.37 bits per heavy atom. The van der Waals surface area contributed by atoms with Gasteiger partial charge >= 0.3 is 0 Å². The van der Waals surface area contributed by atoms with E-state index in [1.807, 2.05) is 6.20 Å². The average molecular weight is 450 g/mol. The van der Waals surface area contributed by atoms with Gasteiger partial charge in [-0.05, 0) is 51.2 Å². The van der Waals surface area contributed by atoms with Crippen molar-refractivity contribution in [1.29, 1.82) is 5.41 Å². The molecule has 2 aliphatic heterocycles. The molecular formula is C21H22Cl2FN5O. The summed E-state index contributed by atoms with van der Waals surface area (Å²) < 4.78 is 19.8. The zero-order chi connectivity index (χ0) is 21.3. The largest absolute Gasteiger partial charge is 0.462 e. The van der Waals surface area contributed by atoms with E-state index in [0.29, 0.717) is 33.8 Å². The molecule has 0 radical (unpaired) electrons. The number of halogens is 3. The molecule has 2 aromatic rings. The third-order valence-corrected chi connectivity index (χ3v) is 6.10. The molecule has 2 aliphatic rings. The minimum atomic E-state index is -0.747. The topological polar surface area (TPSA) is 73.3 Å². The molecule has 0 unspecified atom stereocenters. The summed E-state index contributed by atoms with van der Waals surface area (Å²) in [5.41, 5.74) is 1.76. The lowest BCUT2D eigenvalue weighted by atomic mass is 10.1. The number of nitrogens with one attached hydrogen (secondary N) is 3. The molecule has 1 aromatic carbocycles. The summed E-state index contributed by atoms with van der Waals surface area (Å²) >= 11 is 12.3. The van der Waals surface area contributed by atoms with Crippen LogP contribution in [-0.2, 0) is 0 Å². The Bertz CT molecular complexity index is 992. The summed E-state index contributed by atoms with van der Waals surface area (Å²) in [6.07, 6.45) is 6.18. The Balaban J connectivity index is 1.52. The second kappa shape index (κ2) is 8.79. The van der Waals surface area contributed by atoms with E-state index in [-0.39, 0.29) is 5.02 Å². The Labute approximate surface area is 184 Å². The Hall–Kier alpha value is -2.35. The number of fused-ring (bicyclic) bond motifs is 1. The number of pyridine rings is 1. The summed E-state index contributed by atoms with van der Waals surface area (Å²) in [5, 5.41) is 14.5. The van der Waals surface area contributed by atoms with E-state index in [9.17, 15) is 4.39 Å². The van der Waals surface area contributed by atoms with Gasteiger partial charge in [0, 0.05) is 35.8 Å². The summed E-state index contributed by atoms with van der Waals surface area (Å²) in [7, 11) is 2.12. The first kappa shape index (κ1) is 20.9. The van der Waals surface area contributed by atoms with Crippen molar-refractivity contribution in [2.75, 3.05) is 25.5 Å². The predicted octanol–water partition coefficient (Wildman–Crippen LogP) is 4.70. The van der Waals surface area contributed by atoms with Crippen LogP contribution in [0, 0.1) is 11.2 Å². The first-order valence-corrected chi connectivity index (χ1v) is 10.4. The molecule has 9 heteroatoms. The Kier molecular flexibility index (Phi) is 6.13. The van der Waals surface area contributed by atoms with Gasteiger partial charge in [-0.1, -0.05) is 23.2 Å². The lowest BCUT2D eigenvalue weighted by molar-refractivity contribution is 0.244. The molecule has 30 heavy (non-hydrogen) atoms. The van der Waals surface area contributed by atoms with E-state index in [0.717, 1.165) is 31.5 Å². The number of hydrogen-bond acceptors (Lipinski definition) is 6. The summed E-state index contributed by atoms with van der Waals surface area (Å²) in [5.74, 6) is 0.425. The Morgan fingerprint density at radius 3 is 2.87 bits per heavy atom. The van der Waals surface area contributed by atoms with E-state index in [4.69, 9.17) is 33.3 Å². The van der Waals surface area contributed by atoms with E-state index < -0.39 is 12.0 Å². The minimum absolute atomic E-state index is 0.0876. The molecule has 0 bridgehead atoms. The lowest BCUT2D eigenvalue weighted by Crippen LogP contribution is -2.38. The first-order valence-electron chi connectivity index (χ1n) is 9.68. The van der Waals surface area contributed by atoms with Crippen LogP contribution in [-0.4, -0.2) is 42.3 Å². The van der Waals surface area contributed by atoms with Gasteiger partial charge in [-0.3, -0.25) is 0 Å². The molecule has 3 heterocycles. The number of anilines is 1. The fourth-order valence-electron chi connectivity index (χ4n) is 3.59. The minimum Gasteiger partial charge on any atom is -0.462 e. The van der Waals surface area contributed by atoms with Crippen LogP contribution < -0.4 is 15.4 Å². The molecule has 0 spiro atoms. The highest BCUT2D eigenvalue weighted by molar-refractivity contribution is 6.36. The van der Waals surface area contributed by atoms with Crippen molar-refractivity contribution in [2.24, 2.45) is 0 Å². The van der Waals surface area contributed by atoms with Crippen LogP contribution in [0.3, 0.4) is 0 Å². The third-order valence-electron chi connectivity index (χ3n) is 5.39. The molecule has 1 fully saturated rings. The fourth-order valence-corrected chi connectivity index (χ4v) is 4.16. The highest BCUT2D eigenvalue weighted by Gasteiger charge is 2.30. The average Bonchev–Trinajstić information content (AvgIpc) is 3.16. The number of rotatable bonds is 5. The van der Waals surface area contributed by atoms with Gasteiger partial charge in [0.15, 0.2) is 11.6 Å². The van der Waals surface area contributed by atoms with Crippen molar-refractivity contribution in [3.8, 4) is 5.75 Å². The van der Waals surface area contributed by atoms with Crippen LogP contribution >= 0.6 is 23.2 Å². The molecule has 0 saturated carbocycles. The SMILES string of the molecule is CN1CCC(N/C=C(\C=N)c2cnc3c(c2)O[C@@H](c2c(Cl)ccc(F)c2Cl)N3)CC1. The molecule has 0 amide bonds. The molecule has 0 aliphatic carbocycles. The normalized spacial score (nSPS) is 19.7. The lowest BCUT2D eigenvalue weighted by Gasteiger charge is -2.29. The number of allylic oxidation sites excluding steroid dienone is 1. The van der Waals surface area contributed by atoms with E-state index in [2.05, 4.69) is 27.6 Å². The highest BCUT2D eigenvalue weighted by atomic mass is 35.5. The number of likely N-dealkylation sites (tertiary alicyclic amines) is 1. The maximum absolute atomic E-state index is 13.9. The van der Waals surface area contributed by atoms with Crippen molar-refractivity contribution in [1.82, 2.24) is 15.2 Å². The van der Waals surface area contributed by atoms with Crippen molar-refractivity contribution < 1.29 is 9.13 Å². The molecule has 4 rings (SSSR count). The highest BCUT2D eigenvalue weighted by Crippen LogP contribution is 2.42. The summed E-state index contributed by atoms with van der Waals surface area (Å²) in [6.45, 7) is 2.11. The van der Waals surface area contributed by atoms with Gasteiger partial charge in [-0.15, -0.1) is 0 Å². The molecule has 1 atom stereocenters. The van der Waals surface area contributed by atoms with Crippen molar-refractivity contribution >= 4 is 40.8 Å². The second-order valence-corrected chi connectivity index (χ2v) is 8.24. The Morgan fingerprint density at radius 2 is 2.13 bits per heavy atom. The van der Waals surface area contributed by atoms with Crippen LogP contribution in [0.4, 0.5) is 10.2 Å². The summed E-state index contributed by atoms with van der Waals surface area (Å²) in [6, 6.07) is 4.84. The maximum Gasteiger partial charge on any atom is 0.200 e. The number of aromatic nitrogens is 1. The molecule has 1 aromatic heterocycles. The van der Waals surface area contributed by atoms with Crippen molar-refractivity contribution in [3.05, 3.63) is 57.6 Å². The van der Waals surface area contributed by atoms with E-state index in [1.54, 1.807) is 12.3 Å². The van der Waals surface area contributed by atoms with Gasteiger partial charge in [-0.2, -0.15) is 0 Å². The predicted molar refractivity (Wildman–Crippen MR) is 118 cm³/mol. The summed E-state index contributed by atoms with van der Waals surface area (Å²) in [4.78, 5) is 6.70. The van der Waals surface area contributed by atoms with Crippen LogP contribution in [0.5, 0.6) is 5.75 Å². The molecule has 1 saturated heterocycles. The fraction of sp³-hybridized carbons (Fsp3) is 0.333. The maximum atomic E-state index is 13.9. The quantitative estimate of drug-likeness (QED) is 0.455. The van der Waals surface area contributed by atoms with Crippen LogP contribution in [0.25, 0.3) is 5.57 Å². The van der Waals surface area contributed by atoms with Gasteiger partial charge < -0.3 is 25.7 Å². The van der Waals surface area contributed by atoms with Crippen molar-refractivity contribution in [3.63, 3.8) is 0 Å². The third kappa shape index (κ3) is 4.24. The first-order chi connectivity index (χ1) is 14.5. The molecular weight excluding hydrogens is 428 g/mol. The van der Waals surface area contributed by atoms with Gasteiger partial charge in [0.05, 0.1) is 15.6 Å². The van der Waals surface area contributed by atoms with E-state index in [1.165, 1.54) is 18.3 Å². The second-order valence-electron chi connectivity index (χ2n) is 7.46. The number of hydrogen-bond donors (Lipinski definition) is 3. The number of ether oxygens (including phenoxy) is 1. The number of benzene rings is 1. The number of nitrogens with zero attached hydrogens (tertiary/aromatic N) is 2. The van der Waals surface area contributed by atoms with Crippen molar-refractivity contribution in [2.45, 2.75) is 25.1 Å². The van der Waals surface area contributed by atoms with Crippen LogP contribution in [0.15, 0.2) is 30.6 Å². The van der Waals surface area contributed by atoms with E-state index >= 15 is 0 Å². The standard InChI is InChI=1S/C21H22Cl2FN5O/c1-29-6-4-14(5-7-29)26-11-13(9-25)12-8-17-20(27-10-12)28-21(30-17)18-15(22)2-3-16(24)19(18)23/h2-3,8-11,14,21,25-26H,4-7H2,1H3,(H,27,28)/b13-11+,25-9?/t21-/m0/s1. The van der Waals surface area contributed by atoms with Gasteiger partial charge in [0.25, 0.3) is 0 Å². The number of piperidine rings is 1. The zero-order valence-electron chi connectivity index (χ0n) is 16.4. The van der Waals surface area contributed by atoms with Crippen LogP contribution in [0.2, 0.25) is 10.0 Å². The van der Waals surface area contributed by atoms with Gasteiger partial charge in [-0.25, -0.2) is 9.37 Å².